The van der Waals surface area contributed by atoms with E-state index in [0.29, 0.717) is 6.42 Å². The van der Waals surface area contributed by atoms with Crippen LogP contribution in [0.5, 0.6) is 0 Å². The van der Waals surface area contributed by atoms with Gasteiger partial charge in [-0.3, -0.25) is 4.21 Å². The highest BCUT2D eigenvalue weighted by atomic mass is 32.2. The number of benzene rings is 2. The van der Waals surface area contributed by atoms with Gasteiger partial charge in [0.25, 0.3) is 0 Å². The molecule has 0 N–H and O–H groups in total. The van der Waals surface area contributed by atoms with Crippen LogP contribution in [0.3, 0.4) is 0 Å². The fraction of sp³-hybridized carbons (Fsp3) is 0.188. The van der Waals surface area contributed by atoms with Crippen LogP contribution in [-0.2, 0) is 22.3 Å². The Morgan fingerprint density at radius 2 is 1.62 bits per heavy atom. The quantitative estimate of drug-likeness (QED) is 0.453. The molecule has 0 radical (unpaired) electrons. The highest BCUT2D eigenvalue weighted by Gasteiger charge is 2.37. The topological polar surface area (TPSA) is 61.7 Å². The standard InChI is InChI=1S/C16H14F3NO3S/c17-16(18,19)15(20-23-11-24(21)22)14-8-6-13(7-9-14)10-12-4-2-1-3-5-12/h1-9H,10-11H2,(H,21,22)/p-1. The lowest BCUT2D eigenvalue weighted by atomic mass is 10.0. The summed E-state index contributed by atoms with van der Waals surface area (Å²) in [4.78, 5) is 4.22. The van der Waals surface area contributed by atoms with Gasteiger partial charge in [-0.15, -0.1) is 0 Å². The van der Waals surface area contributed by atoms with Gasteiger partial charge in [-0.25, -0.2) is 0 Å². The van der Waals surface area contributed by atoms with Crippen molar-refractivity contribution in [1.29, 1.82) is 0 Å². The Hall–Kier alpha value is -2.19. The summed E-state index contributed by atoms with van der Waals surface area (Å²) in [5.74, 6) is -0.939. The predicted octanol–water partition coefficient (Wildman–Crippen LogP) is 3.40. The molecule has 24 heavy (non-hydrogen) atoms. The zero-order chi connectivity index (χ0) is 17.6. The fourth-order valence-corrected chi connectivity index (χ4v) is 2.15. The van der Waals surface area contributed by atoms with Gasteiger partial charge in [0.1, 0.15) is 0 Å². The normalized spacial score (nSPS) is 13.6. The highest BCUT2D eigenvalue weighted by Crippen LogP contribution is 2.23. The minimum Gasteiger partial charge on any atom is -0.770 e. The third-order valence-electron chi connectivity index (χ3n) is 3.05. The van der Waals surface area contributed by atoms with E-state index in [1.54, 1.807) is 12.1 Å². The summed E-state index contributed by atoms with van der Waals surface area (Å²) in [5, 5.41) is 2.92. The average Bonchev–Trinajstić information content (AvgIpc) is 2.52. The van der Waals surface area contributed by atoms with Crippen molar-refractivity contribution in [2.24, 2.45) is 5.16 Å². The van der Waals surface area contributed by atoms with Crippen molar-refractivity contribution in [1.82, 2.24) is 0 Å². The Bertz CT molecular complexity index is 716. The van der Waals surface area contributed by atoms with Crippen LogP contribution in [0.15, 0.2) is 59.8 Å². The summed E-state index contributed by atoms with van der Waals surface area (Å²) in [7, 11) is 0. The first kappa shape index (κ1) is 18.2. The largest absolute Gasteiger partial charge is 0.770 e. The Balaban J connectivity index is 2.17. The van der Waals surface area contributed by atoms with E-state index in [2.05, 4.69) is 9.99 Å². The maximum Gasteiger partial charge on any atom is 0.437 e. The van der Waals surface area contributed by atoms with E-state index < -0.39 is 28.9 Å². The van der Waals surface area contributed by atoms with Gasteiger partial charge in [0.2, 0.25) is 0 Å². The van der Waals surface area contributed by atoms with Crippen LogP contribution in [0.4, 0.5) is 13.2 Å². The lowest BCUT2D eigenvalue weighted by Crippen LogP contribution is -2.24. The number of nitrogens with zero attached hydrogens (tertiary/aromatic N) is 1. The van der Waals surface area contributed by atoms with Crippen LogP contribution in [0.2, 0.25) is 0 Å². The van der Waals surface area contributed by atoms with Gasteiger partial charge in [0.05, 0.1) is 0 Å². The molecule has 1 atom stereocenters. The smallest absolute Gasteiger partial charge is 0.437 e. The van der Waals surface area contributed by atoms with E-state index in [1.807, 2.05) is 30.3 Å². The van der Waals surface area contributed by atoms with Crippen LogP contribution in [0.25, 0.3) is 0 Å². The van der Waals surface area contributed by atoms with Crippen molar-refractivity contribution in [2.75, 3.05) is 5.94 Å². The summed E-state index contributed by atoms with van der Waals surface area (Å²) in [6, 6.07) is 15.2. The van der Waals surface area contributed by atoms with Crippen molar-refractivity contribution in [2.45, 2.75) is 12.6 Å². The molecule has 0 bridgehead atoms. The molecule has 128 valence electrons. The summed E-state index contributed by atoms with van der Waals surface area (Å²) < 4.78 is 59.7. The molecule has 0 heterocycles. The summed E-state index contributed by atoms with van der Waals surface area (Å²) in [6.07, 6.45) is -4.17. The Labute approximate surface area is 139 Å². The van der Waals surface area contributed by atoms with E-state index >= 15 is 0 Å². The fourth-order valence-electron chi connectivity index (χ4n) is 2.01. The lowest BCUT2D eigenvalue weighted by Gasteiger charge is -2.11. The number of halogens is 3. The van der Waals surface area contributed by atoms with Gasteiger partial charge < -0.3 is 9.39 Å². The first-order valence-electron chi connectivity index (χ1n) is 6.82. The van der Waals surface area contributed by atoms with Crippen molar-refractivity contribution in [3.05, 3.63) is 71.3 Å². The number of alkyl halides is 3. The van der Waals surface area contributed by atoms with E-state index in [0.717, 1.165) is 11.1 Å². The summed E-state index contributed by atoms with van der Waals surface area (Å²) >= 11 is -2.64. The highest BCUT2D eigenvalue weighted by molar-refractivity contribution is 7.78. The minimum absolute atomic E-state index is 0.198. The number of rotatable bonds is 6. The molecule has 2 rings (SSSR count). The molecule has 0 amide bonds. The third kappa shape index (κ3) is 5.47. The minimum atomic E-state index is -4.76. The summed E-state index contributed by atoms with van der Waals surface area (Å²) in [5.41, 5.74) is 0.402. The molecule has 2 aromatic carbocycles. The molecule has 2 aromatic rings. The zero-order valence-corrected chi connectivity index (χ0v) is 13.1. The maximum absolute atomic E-state index is 13.0. The third-order valence-corrected chi connectivity index (χ3v) is 3.35. The second-order valence-corrected chi connectivity index (χ2v) is 5.69. The molecule has 0 aliphatic heterocycles. The maximum atomic E-state index is 13.0. The number of hydrogen-bond acceptors (Lipinski definition) is 4. The van der Waals surface area contributed by atoms with Gasteiger partial charge in [0.15, 0.2) is 11.7 Å². The van der Waals surface area contributed by atoms with Gasteiger partial charge in [-0.2, -0.15) is 13.2 Å². The lowest BCUT2D eigenvalue weighted by molar-refractivity contribution is -0.0610. The molecule has 4 nitrogen and oxygen atoms in total. The van der Waals surface area contributed by atoms with Crippen molar-refractivity contribution in [3.63, 3.8) is 0 Å². The molecular formula is C16H13F3NO3S-. The van der Waals surface area contributed by atoms with Crippen LogP contribution < -0.4 is 0 Å². The van der Waals surface area contributed by atoms with E-state index in [9.17, 15) is 21.9 Å². The van der Waals surface area contributed by atoms with Crippen LogP contribution in [0.1, 0.15) is 16.7 Å². The van der Waals surface area contributed by atoms with Crippen LogP contribution in [0, 0.1) is 0 Å². The van der Waals surface area contributed by atoms with E-state index in [4.69, 9.17) is 0 Å². The molecule has 0 saturated heterocycles. The molecule has 8 heteroatoms. The van der Waals surface area contributed by atoms with Gasteiger partial charge in [-0.05, 0) is 28.6 Å². The number of hydrogen-bond donors (Lipinski definition) is 0. The molecule has 0 aliphatic rings. The summed E-state index contributed by atoms with van der Waals surface area (Å²) in [6.45, 7) is 0. The molecule has 1 unspecified atom stereocenters. The molecule has 0 spiro atoms. The van der Waals surface area contributed by atoms with Crippen molar-refractivity contribution >= 4 is 16.8 Å². The van der Waals surface area contributed by atoms with Crippen molar-refractivity contribution < 1.29 is 26.8 Å². The zero-order valence-electron chi connectivity index (χ0n) is 12.3. The van der Waals surface area contributed by atoms with Gasteiger partial charge in [-0.1, -0.05) is 59.8 Å². The molecule has 0 fully saturated rings. The first-order chi connectivity index (χ1) is 11.4. The Morgan fingerprint density at radius 1 is 1.04 bits per heavy atom. The average molecular weight is 356 g/mol. The Morgan fingerprint density at radius 3 is 2.17 bits per heavy atom. The van der Waals surface area contributed by atoms with Gasteiger partial charge >= 0.3 is 6.18 Å². The number of oxime groups is 1. The van der Waals surface area contributed by atoms with Gasteiger partial charge in [0, 0.05) is 5.56 Å². The van der Waals surface area contributed by atoms with E-state index in [-0.39, 0.29) is 5.56 Å². The second kappa shape index (κ2) is 8.07. The molecule has 0 saturated carbocycles. The second-order valence-electron chi connectivity index (χ2n) is 4.85. The molecular weight excluding hydrogens is 343 g/mol. The predicted molar refractivity (Wildman–Crippen MR) is 83.2 cm³/mol. The molecule has 0 aliphatic carbocycles. The monoisotopic (exact) mass is 356 g/mol. The van der Waals surface area contributed by atoms with Crippen LogP contribution in [-0.4, -0.2) is 26.6 Å². The first-order valence-corrected chi connectivity index (χ1v) is 8.07. The molecule has 0 aromatic heterocycles. The van der Waals surface area contributed by atoms with Crippen LogP contribution >= 0.6 is 0 Å². The van der Waals surface area contributed by atoms with Crippen molar-refractivity contribution in [3.8, 4) is 0 Å². The Kier molecular flexibility index (Phi) is 6.10. The van der Waals surface area contributed by atoms with E-state index in [1.165, 1.54) is 12.1 Å². The SMILES string of the molecule is O=S([O-])CON=C(c1ccc(Cc2ccccc2)cc1)C(F)(F)F.